The zero-order chi connectivity index (χ0) is 14.0. The number of aliphatic carboxylic acids is 1. The lowest BCUT2D eigenvalue weighted by Crippen LogP contribution is -2.31. The molecule has 4 heteroatoms. The van der Waals surface area contributed by atoms with Crippen molar-refractivity contribution in [3.05, 3.63) is 34.6 Å². The third-order valence-electron chi connectivity index (χ3n) is 4.08. The van der Waals surface area contributed by atoms with Gasteiger partial charge >= 0.3 is 5.97 Å². The van der Waals surface area contributed by atoms with Crippen molar-refractivity contribution in [1.29, 1.82) is 0 Å². The van der Waals surface area contributed by atoms with Gasteiger partial charge in [-0.2, -0.15) is 0 Å². The Balaban J connectivity index is 2.19. The van der Waals surface area contributed by atoms with Crippen LogP contribution in [0, 0.1) is 23.6 Å². The Kier molecular flexibility index (Phi) is 4.46. The summed E-state index contributed by atoms with van der Waals surface area (Å²) >= 11 is 5.95. The molecule has 0 bridgehead atoms. The quantitative estimate of drug-likeness (QED) is 0.905. The molecule has 1 N–H and O–H groups in total. The number of carboxylic acids is 1. The Labute approximate surface area is 117 Å². The van der Waals surface area contributed by atoms with E-state index in [1.165, 1.54) is 6.07 Å². The largest absolute Gasteiger partial charge is 0.481 e. The van der Waals surface area contributed by atoms with E-state index in [4.69, 9.17) is 11.6 Å². The molecule has 0 radical (unpaired) electrons. The Morgan fingerprint density at radius 1 is 1.47 bits per heavy atom. The van der Waals surface area contributed by atoms with E-state index >= 15 is 0 Å². The van der Waals surface area contributed by atoms with Crippen molar-refractivity contribution in [2.45, 2.75) is 32.6 Å². The highest BCUT2D eigenvalue weighted by Gasteiger charge is 2.33. The van der Waals surface area contributed by atoms with Crippen molar-refractivity contribution in [3.8, 4) is 0 Å². The SMILES string of the molecule is CC1CCC(C(=O)O)C(Cc2cccc(F)c2Cl)C1. The normalized spacial score (nSPS) is 27.2. The number of hydrogen-bond acceptors (Lipinski definition) is 1. The lowest BCUT2D eigenvalue weighted by atomic mass is 9.72. The summed E-state index contributed by atoms with van der Waals surface area (Å²) in [5, 5.41) is 9.42. The van der Waals surface area contributed by atoms with Gasteiger partial charge in [0.15, 0.2) is 0 Å². The van der Waals surface area contributed by atoms with E-state index in [1.807, 2.05) is 0 Å². The summed E-state index contributed by atoms with van der Waals surface area (Å²) in [6, 6.07) is 4.73. The monoisotopic (exact) mass is 284 g/mol. The van der Waals surface area contributed by atoms with Crippen LogP contribution in [0.5, 0.6) is 0 Å². The van der Waals surface area contributed by atoms with Gasteiger partial charge in [-0.1, -0.05) is 30.7 Å². The van der Waals surface area contributed by atoms with E-state index in [9.17, 15) is 14.3 Å². The standard InChI is InChI=1S/C15H18ClFO2/c1-9-5-6-12(15(18)19)11(7-9)8-10-3-2-4-13(17)14(10)16/h2-4,9,11-12H,5-8H2,1H3,(H,18,19). The maximum Gasteiger partial charge on any atom is 0.306 e. The minimum Gasteiger partial charge on any atom is -0.481 e. The van der Waals surface area contributed by atoms with Crippen molar-refractivity contribution < 1.29 is 14.3 Å². The van der Waals surface area contributed by atoms with E-state index in [2.05, 4.69) is 6.92 Å². The van der Waals surface area contributed by atoms with E-state index in [0.717, 1.165) is 12.8 Å². The molecule has 0 saturated heterocycles. The molecular weight excluding hydrogens is 267 g/mol. The van der Waals surface area contributed by atoms with Crippen LogP contribution in [0.2, 0.25) is 5.02 Å². The highest BCUT2D eigenvalue weighted by molar-refractivity contribution is 6.31. The average molecular weight is 285 g/mol. The lowest BCUT2D eigenvalue weighted by Gasteiger charge is -2.32. The molecule has 1 aromatic rings. The number of rotatable bonds is 3. The van der Waals surface area contributed by atoms with Gasteiger partial charge in [0.05, 0.1) is 10.9 Å². The molecule has 0 aliphatic heterocycles. The van der Waals surface area contributed by atoms with Crippen LogP contribution in [-0.2, 0) is 11.2 Å². The molecule has 3 unspecified atom stereocenters. The molecule has 1 fully saturated rings. The van der Waals surface area contributed by atoms with Gasteiger partial charge in [0.1, 0.15) is 5.82 Å². The zero-order valence-corrected chi connectivity index (χ0v) is 11.7. The average Bonchev–Trinajstić information content (AvgIpc) is 2.35. The summed E-state index contributed by atoms with van der Waals surface area (Å²) in [7, 11) is 0. The first-order valence-electron chi connectivity index (χ1n) is 6.64. The fraction of sp³-hybridized carbons (Fsp3) is 0.533. The highest BCUT2D eigenvalue weighted by Crippen LogP contribution is 2.37. The summed E-state index contributed by atoms with van der Waals surface area (Å²) < 4.78 is 13.4. The zero-order valence-electron chi connectivity index (χ0n) is 10.9. The van der Waals surface area contributed by atoms with Gasteiger partial charge in [0, 0.05) is 0 Å². The van der Waals surface area contributed by atoms with Crippen LogP contribution >= 0.6 is 11.6 Å². The molecule has 1 saturated carbocycles. The Hall–Kier alpha value is -1.09. The van der Waals surface area contributed by atoms with Crippen LogP contribution in [-0.4, -0.2) is 11.1 Å². The van der Waals surface area contributed by atoms with E-state index < -0.39 is 11.8 Å². The second kappa shape index (κ2) is 5.91. The van der Waals surface area contributed by atoms with E-state index in [0.29, 0.717) is 24.3 Å². The molecule has 104 valence electrons. The number of carbonyl (C=O) groups is 1. The van der Waals surface area contributed by atoms with Crippen molar-refractivity contribution in [2.75, 3.05) is 0 Å². The predicted octanol–water partition coefficient (Wildman–Crippen LogP) is 4.16. The van der Waals surface area contributed by atoms with Gasteiger partial charge in [0.25, 0.3) is 0 Å². The van der Waals surface area contributed by atoms with E-state index in [-0.39, 0.29) is 16.9 Å². The third kappa shape index (κ3) is 3.27. The summed E-state index contributed by atoms with van der Waals surface area (Å²) in [6.45, 7) is 2.14. The summed E-state index contributed by atoms with van der Waals surface area (Å²) in [5.74, 6) is -0.955. The topological polar surface area (TPSA) is 37.3 Å². The smallest absolute Gasteiger partial charge is 0.306 e. The van der Waals surface area contributed by atoms with Crippen LogP contribution in [0.3, 0.4) is 0 Å². The Morgan fingerprint density at radius 2 is 2.21 bits per heavy atom. The van der Waals surface area contributed by atoms with Crippen LogP contribution in [0.4, 0.5) is 4.39 Å². The van der Waals surface area contributed by atoms with Gasteiger partial charge < -0.3 is 5.11 Å². The predicted molar refractivity (Wildman–Crippen MR) is 72.7 cm³/mol. The van der Waals surface area contributed by atoms with Gasteiger partial charge in [-0.25, -0.2) is 4.39 Å². The van der Waals surface area contributed by atoms with Gasteiger partial charge in [-0.05, 0) is 49.1 Å². The number of benzene rings is 1. The molecule has 1 aliphatic rings. The molecule has 3 atom stereocenters. The van der Waals surface area contributed by atoms with Gasteiger partial charge in [-0.3, -0.25) is 4.79 Å². The molecule has 0 spiro atoms. The second-order valence-electron chi connectivity index (χ2n) is 5.54. The molecular formula is C15H18ClFO2. The highest BCUT2D eigenvalue weighted by atomic mass is 35.5. The maximum atomic E-state index is 13.4. The second-order valence-corrected chi connectivity index (χ2v) is 5.92. The summed E-state index contributed by atoms with van der Waals surface area (Å²) in [5.41, 5.74) is 0.715. The van der Waals surface area contributed by atoms with Crippen molar-refractivity contribution >= 4 is 17.6 Å². The van der Waals surface area contributed by atoms with Crippen molar-refractivity contribution in [3.63, 3.8) is 0 Å². The molecule has 2 nitrogen and oxygen atoms in total. The summed E-state index contributed by atoms with van der Waals surface area (Å²) in [4.78, 5) is 11.3. The first-order valence-corrected chi connectivity index (χ1v) is 7.02. The Bertz CT molecular complexity index is 475. The van der Waals surface area contributed by atoms with E-state index in [1.54, 1.807) is 12.1 Å². The Morgan fingerprint density at radius 3 is 2.89 bits per heavy atom. The minimum atomic E-state index is -0.746. The van der Waals surface area contributed by atoms with Crippen LogP contribution in [0.25, 0.3) is 0 Å². The molecule has 2 rings (SSSR count). The lowest BCUT2D eigenvalue weighted by molar-refractivity contribution is -0.145. The fourth-order valence-corrected chi connectivity index (χ4v) is 3.24. The number of halogens is 2. The van der Waals surface area contributed by atoms with Crippen molar-refractivity contribution in [2.24, 2.45) is 17.8 Å². The maximum absolute atomic E-state index is 13.4. The molecule has 1 aliphatic carbocycles. The first-order chi connectivity index (χ1) is 8.99. The molecule has 19 heavy (non-hydrogen) atoms. The van der Waals surface area contributed by atoms with Crippen LogP contribution in [0.15, 0.2) is 18.2 Å². The van der Waals surface area contributed by atoms with Crippen LogP contribution in [0.1, 0.15) is 31.7 Å². The molecule has 0 heterocycles. The minimum absolute atomic E-state index is 0.0422. The van der Waals surface area contributed by atoms with Crippen molar-refractivity contribution in [1.82, 2.24) is 0 Å². The molecule has 1 aromatic carbocycles. The third-order valence-corrected chi connectivity index (χ3v) is 4.50. The summed E-state index contributed by atoms with van der Waals surface area (Å²) in [6.07, 6.45) is 3.06. The van der Waals surface area contributed by atoms with Gasteiger partial charge in [-0.15, -0.1) is 0 Å². The number of carboxylic acid groups (broad SMARTS) is 1. The number of hydrogen-bond donors (Lipinski definition) is 1. The molecule has 0 amide bonds. The van der Waals surface area contributed by atoms with Crippen LogP contribution < -0.4 is 0 Å². The van der Waals surface area contributed by atoms with Gasteiger partial charge in [0.2, 0.25) is 0 Å². The fourth-order valence-electron chi connectivity index (χ4n) is 3.04. The molecule has 0 aromatic heterocycles. The first kappa shape index (κ1) is 14.3.